The van der Waals surface area contributed by atoms with Gasteiger partial charge in [0.25, 0.3) is 5.56 Å². The summed E-state index contributed by atoms with van der Waals surface area (Å²) >= 11 is 6.21. The molecule has 0 radical (unpaired) electrons. The van der Waals surface area contributed by atoms with E-state index in [-0.39, 0.29) is 11.6 Å². The van der Waals surface area contributed by atoms with E-state index in [1.165, 1.54) is 0 Å². The first kappa shape index (κ1) is 15.3. The number of benzene rings is 2. The Kier molecular flexibility index (Phi) is 3.91. The number of hydrogen-bond acceptors (Lipinski definition) is 3. The minimum Gasteiger partial charge on any atom is -0.323 e. The molecule has 0 saturated heterocycles. The Bertz CT molecular complexity index is 982. The number of rotatable bonds is 2. The molecule has 0 aliphatic carbocycles. The van der Waals surface area contributed by atoms with E-state index in [0.29, 0.717) is 27.4 Å². The Balaban J connectivity index is 2.40. The van der Waals surface area contributed by atoms with E-state index in [2.05, 4.69) is 6.07 Å². The molecule has 23 heavy (non-hydrogen) atoms. The van der Waals surface area contributed by atoms with Crippen LogP contribution < -0.4 is 11.3 Å². The van der Waals surface area contributed by atoms with Gasteiger partial charge in [-0.2, -0.15) is 5.26 Å². The highest BCUT2D eigenvalue weighted by Gasteiger charge is 2.15. The zero-order chi connectivity index (χ0) is 16.6. The molecule has 3 aromatic rings. The fourth-order valence-electron chi connectivity index (χ4n) is 2.63. The van der Waals surface area contributed by atoms with Crippen molar-refractivity contribution in [2.75, 3.05) is 0 Å². The van der Waals surface area contributed by atoms with Crippen molar-refractivity contribution in [2.45, 2.75) is 13.0 Å². The van der Waals surface area contributed by atoms with Crippen molar-refractivity contribution in [1.82, 2.24) is 4.57 Å². The van der Waals surface area contributed by atoms with Crippen LogP contribution in [0.3, 0.4) is 0 Å². The summed E-state index contributed by atoms with van der Waals surface area (Å²) in [5.41, 5.74) is 7.72. The van der Waals surface area contributed by atoms with Crippen LogP contribution in [-0.2, 0) is 0 Å². The highest BCUT2D eigenvalue weighted by molar-refractivity contribution is 6.35. The average molecular weight is 324 g/mol. The number of hydrogen-bond donors (Lipinski definition) is 1. The monoisotopic (exact) mass is 323 g/mol. The van der Waals surface area contributed by atoms with Crippen LogP contribution in [0.5, 0.6) is 0 Å². The number of nitrogens with zero attached hydrogens (tertiary/aromatic N) is 2. The average Bonchev–Trinajstić information content (AvgIpc) is 2.54. The second-order valence-electron chi connectivity index (χ2n) is 5.36. The SMILES string of the molecule is CC(N)c1cc2cccc(Cl)c2c(=O)n1-c1ccc(C#N)cc1. The molecule has 0 bridgehead atoms. The zero-order valence-electron chi connectivity index (χ0n) is 12.5. The summed E-state index contributed by atoms with van der Waals surface area (Å²) in [6.45, 7) is 1.82. The van der Waals surface area contributed by atoms with Crippen LogP contribution in [0.1, 0.15) is 24.2 Å². The van der Waals surface area contributed by atoms with Crippen LogP contribution in [0.4, 0.5) is 0 Å². The van der Waals surface area contributed by atoms with E-state index in [1.54, 1.807) is 41.0 Å². The summed E-state index contributed by atoms with van der Waals surface area (Å²) in [6, 6.07) is 15.8. The van der Waals surface area contributed by atoms with Crippen molar-refractivity contribution in [3.63, 3.8) is 0 Å². The molecule has 0 saturated carbocycles. The van der Waals surface area contributed by atoms with Crippen molar-refractivity contribution >= 4 is 22.4 Å². The molecule has 0 fully saturated rings. The Labute approximate surface area is 138 Å². The molecule has 5 heteroatoms. The van der Waals surface area contributed by atoms with Gasteiger partial charge in [0, 0.05) is 17.4 Å². The van der Waals surface area contributed by atoms with Crippen molar-refractivity contribution in [2.24, 2.45) is 5.73 Å². The minimum absolute atomic E-state index is 0.217. The summed E-state index contributed by atoms with van der Waals surface area (Å²) in [7, 11) is 0. The summed E-state index contributed by atoms with van der Waals surface area (Å²) in [5.74, 6) is 0. The highest BCUT2D eigenvalue weighted by Crippen LogP contribution is 2.24. The van der Waals surface area contributed by atoms with Crippen molar-refractivity contribution in [3.05, 3.63) is 75.2 Å². The summed E-state index contributed by atoms with van der Waals surface area (Å²) in [5, 5.41) is 10.6. The number of fused-ring (bicyclic) bond motifs is 1. The molecule has 114 valence electrons. The third-order valence-corrected chi connectivity index (χ3v) is 4.06. The predicted octanol–water partition coefficient (Wildman–Crippen LogP) is 3.54. The second-order valence-corrected chi connectivity index (χ2v) is 5.77. The van der Waals surface area contributed by atoms with E-state index in [0.717, 1.165) is 5.39 Å². The molecule has 0 spiro atoms. The van der Waals surface area contributed by atoms with Gasteiger partial charge >= 0.3 is 0 Å². The molecule has 4 nitrogen and oxygen atoms in total. The Morgan fingerprint density at radius 1 is 1.22 bits per heavy atom. The molecule has 2 aromatic carbocycles. The molecule has 2 N–H and O–H groups in total. The first-order chi connectivity index (χ1) is 11.0. The molecular formula is C18H14ClN3O. The van der Waals surface area contributed by atoms with Gasteiger partial charge in [-0.25, -0.2) is 0 Å². The molecule has 3 rings (SSSR count). The van der Waals surface area contributed by atoms with Crippen LogP contribution in [0.15, 0.2) is 53.3 Å². The van der Waals surface area contributed by atoms with Gasteiger partial charge in [-0.05, 0) is 48.7 Å². The van der Waals surface area contributed by atoms with Gasteiger partial charge in [-0.1, -0.05) is 23.7 Å². The quantitative estimate of drug-likeness (QED) is 0.784. The summed E-state index contributed by atoms with van der Waals surface area (Å²) in [6.07, 6.45) is 0. The van der Waals surface area contributed by atoms with E-state index in [1.807, 2.05) is 19.1 Å². The Morgan fingerprint density at radius 3 is 2.52 bits per heavy atom. The molecule has 1 aromatic heterocycles. The lowest BCUT2D eigenvalue weighted by Gasteiger charge is -2.17. The number of aromatic nitrogens is 1. The van der Waals surface area contributed by atoms with Crippen molar-refractivity contribution < 1.29 is 0 Å². The van der Waals surface area contributed by atoms with E-state index < -0.39 is 0 Å². The molecule has 1 heterocycles. The highest BCUT2D eigenvalue weighted by atomic mass is 35.5. The van der Waals surface area contributed by atoms with Crippen LogP contribution >= 0.6 is 11.6 Å². The smallest absolute Gasteiger partial charge is 0.264 e. The lowest BCUT2D eigenvalue weighted by Crippen LogP contribution is -2.25. The predicted molar refractivity (Wildman–Crippen MR) is 91.9 cm³/mol. The number of halogens is 1. The third-order valence-electron chi connectivity index (χ3n) is 3.75. The van der Waals surface area contributed by atoms with Crippen LogP contribution in [0.2, 0.25) is 5.02 Å². The Hall–Kier alpha value is -2.61. The van der Waals surface area contributed by atoms with Gasteiger partial charge in [0.1, 0.15) is 0 Å². The fourth-order valence-corrected chi connectivity index (χ4v) is 2.89. The third kappa shape index (κ3) is 2.61. The summed E-state index contributed by atoms with van der Waals surface area (Å²) < 4.78 is 1.56. The van der Waals surface area contributed by atoms with E-state index in [4.69, 9.17) is 22.6 Å². The van der Waals surface area contributed by atoms with Gasteiger partial charge < -0.3 is 5.73 Å². The van der Waals surface area contributed by atoms with Gasteiger partial charge in [-0.3, -0.25) is 9.36 Å². The lowest BCUT2D eigenvalue weighted by atomic mass is 10.1. The molecule has 0 aliphatic rings. The maximum absolute atomic E-state index is 13.0. The van der Waals surface area contributed by atoms with Crippen LogP contribution in [-0.4, -0.2) is 4.57 Å². The largest absolute Gasteiger partial charge is 0.323 e. The van der Waals surface area contributed by atoms with Gasteiger partial charge in [-0.15, -0.1) is 0 Å². The van der Waals surface area contributed by atoms with Gasteiger partial charge in [0.05, 0.1) is 22.0 Å². The van der Waals surface area contributed by atoms with Crippen molar-refractivity contribution in [1.29, 1.82) is 5.26 Å². The Morgan fingerprint density at radius 2 is 1.91 bits per heavy atom. The lowest BCUT2D eigenvalue weighted by molar-refractivity contribution is 0.734. The van der Waals surface area contributed by atoms with Crippen molar-refractivity contribution in [3.8, 4) is 11.8 Å². The van der Waals surface area contributed by atoms with E-state index >= 15 is 0 Å². The maximum Gasteiger partial charge on any atom is 0.264 e. The fraction of sp³-hybridized carbons (Fsp3) is 0.111. The zero-order valence-corrected chi connectivity index (χ0v) is 13.2. The molecule has 1 unspecified atom stereocenters. The second kappa shape index (κ2) is 5.88. The van der Waals surface area contributed by atoms with Gasteiger partial charge in [0.2, 0.25) is 0 Å². The normalized spacial score (nSPS) is 12.1. The molecular weight excluding hydrogens is 310 g/mol. The number of nitrogens with two attached hydrogens (primary N) is 1. The maximum atomic E-state index is 13.0. The molecule has 0 aliphatic heterocycles. The topological polar surface area (TPSA) is 71.8 Å². The molecule has 1 atom stereocenters. The number of nitriles is 1. The van der Waals surface area contributed by atoms with E-state index in [9.17, 15) is 4.79 Å². The number of pyridine rings is 1. The van der Waals surface area contributed by atoms with Crippen LogP contribution in [0, 0.1) is 11.3 Å². The first-order valence-electron chi connectivity index (χ1n) is 7.13. The summed E-state index contributed by atoms with van der Waals surface area (Å²) in [4.78, 5) is 13.0. The van der Waals surface area contributed by atoms with Gasteiger partial charge in [0.15, 0.2) is 0 Å². The minimum atomic E-state index is -0.332. The molecule has 0 amide bonds. The standard InChI is InChI=1S/C18H14ClN3O/c1-11(21)16-9-13-3-2-4-15(19)17(13)18(23)22(16)14-7-5-12(10-20)6-8-14/h2-9,11H,21H2,1H3. The first-order valence-corrected chi connectivity index (χ1v) is 7.51. The van der Waals surface area contributed by atoms with Crippen LogP contribution in [0.25, 0.3) is 16.5 Å².